The largest absolute Gasteiger partial charge is 0.441 e. The van der Waals surface area contributed by atoms with Crippen LogP contribution in [0.25, 0.3) is 17.7 Å². The van der Waals surface area contributed by atoms with Crippen LogP contribution in [0.2, 0.25) is 0 Å². The van der Waals surface area contributed by atoms with E-state index in [1.165, 1.54) is 21.3 Å². The summed E-state index contributed by atoms with van der Waals surface area (Å²) in [6.07, 6.45) is 6.91. The summed E-state index contributed by atoms with van der Waals surface area (Å²) in [5.41, 5.74) is 9.72. The van der Waals surface area contributed by atoms with Gasteiger partial charge in [0.1, 0.15) is 0 Å². The maximum absolute atomic E-state index is 12.6. The van der Waals surface area contributed by atoms with Gasteiger partial charge in [0.15, 0.2) is 0 Å². The van der Waals surface area contributed by atoms with Crippen molar-refractivity contribution in [3.8, 4) is 0 Å². The number of nitrogens with zero attached hydrogens (tertiary/aromatic N) is 2. The van der Waals surface area contributed by atoms with Gasteiger partial charge in [-0.25, -0.2) is 4.57 Å². The van der Waals surface area contributed by atoms with Gasteiger partial charge in [0.2, 0.25) is 5.60 Å². The van der Waals surface area contributed by atoms with E-state index in [1.54, 1.807) is 24.3 Å². The maximum atomic E-state index is 12.6. The first kappa shape index (κ1) is 16.6. The number of rotatable bonds is 5. The quantitative estimate of drug-likeness (QED) is 0.361. The van der Waals surface area contributed by atoms with E-state index in [4.69, 9.17) is 13.8 Å². The van der Waals surface area contributed by atoms with Gasteiger partial charge < -0.3 is 19.3 Å². The van der Waals surface area contributed by atoms with E-state index in [9.17, 15) is 10.1 Å². The fourth-order valence-electron chi connectivity index (χ4n) is 2.27. The fraction of sp³-hybridized carbons (Fsp3) is 0.267. The lowest BCUT2D eigenvalue weighted by Gasteiger charge is -2.23. The van der Waals surface area contributed by atoms with Crippen LogP contribution in [0.5, 0.6) is 0 Å². The van der Waals surface area contributed by atoms with Crippen molar-refractivity contribution < 1.29 is 23.1 Å². The molecule has 0 unspecified atom stereocenters. The molecule has 0 spiro atoms. The average Bonchev–Trinajstić information content (AvgIpc) is 2.76. The van der Waals surface area contributed by atoms with E-state index >= 15 is 0 Å². The van der Waals surface area contributed by atoms with Crippen LogP contribution in [-0.2, 0) is 18.3 Å². The number of benzene rings is 1. The Morgan fingerprint density at radius 3 is 1.95 bits per heavy atom. The van der Waals surface area contributed by atoms with Crippen LogP contribution < -0.4 is 0 Å². The number of methoxy groups -OCH3 is 1. The van der Waals surface area contributed by atoms with Gasteiger partial charge in [-0.3, -0.25) is 0 Å². The van der Waals surface area contributed by atoms with Crippen molar-refractivity contribution in [2.24, 2.45) is 0 Å². The number of hydrogen-bond acceptors (Lipinski definition) is 4. The van der Waals surface area contributed by atoms with Crippen molar-refractivity contribution in [1.82, 2.24) is 0 Å². The van der Waals surface area contributed by atoms with Gasteiger partial charge in [0.25, 0.3) is 0 Å². The summed E-state index contributed by atoms with van der Waals surface area (Å²) in [7, 11) is 0.0782. The molecule has 22 heavy (non-hydrogen) atoms. The van der Waals surface area contributed by atoms with Crippen molar-refractivity contribution in [3.05, 3.63) is 53.1 Å². The second-order valence-electron chi connectivity index (χ2n) is 4.58. The van der Waals surface area contributed by atoms with E-state index in [0.717, 1.165) is 11.1 Å². The zero-order valence-electron chi connectivity index (χ0n) is 12.6. The lowest BCUT2D eigenvalue weighted by Crippen LogP contribution is -2.37. The summed E-state index contributed by atoms with van der Waals surface area (Å²) in [5, 5.41) is 0. The molecule has 1 aromatic rings. The summed E-state index contributed by atoms with van der Waals surface area (Å²) in [4.78, 5) is 3.15. The molecule has 1 aliphatic carbocycles. The molecule has 0 N–H and O–H groups in total. The van der Waals surface area contributed by atoms with Gasteiger partial charge >= 0.3 is 13.0 Å². The van der Waals surface area contributed by atoms with Crippen LogP contribution in [0.3, 0.4) is 0 Å². The van der Waals surface area contributed by atoms with Crippen molar-refractivity contribution in [2.45, 2.75) is 5.60 Å². The normalized spacial score (nSPS) is 15.8. The van der Waals surface area contributed by atoms with Gasteiger partial charge in [0, 0.05) is 21.3 Å². The second kappa shape index (κ2) is 6.53. The van der Waals surface area contributed by atoms with E-state index < -0.39 is 13.2 Å². The molecule has 0 amide bonds. The topological polar surface area (TPSA) is 81.2 Å². The molecule has 0 saturated carbocycles. The molecule has 0 heterocycles. The summed E-state index contributed by atoms with van der Waals surface area (Å²) >= 11 is 0. The SMILES string of the molecule is COC1(C(=[N+]=[N-])P(=O)(OC)OC)C=Cc2ccccc2C=C1. The molecule has 0 atom stereocenters. The summed E-state index contributed by atoms with van der Waals surface area (Å²) < 4.78 is 28.0. The van der Waals surface area contributed by atoms with Crippen molar-refractivity contribution in [2.75, 3.05) is 21.3 Å². The second-order valence-corrected chi connectivity index (χ2v) is 6.73. The van der Waals surface area contributed by atoms with Crippen LogP contribution in [0, 0.1) is 0 Å². The molecular weight excluding hydrogens is 303 g/mol. The predicted molar refractivity (Wildman–Crippen MR) is 84.5 cm³/mol. The molecule has 6 nitrogen and oxygen atoms in total. The van der Waals surface area contributed by atoms with Crippen LogP contribution in [0.15, 0.2) is 36.4 Å². The van der Waals surface area contributed by atoms with Crippen LogP contribution in [-0.4, -0.2) is 37.2 Å². The number of fused-ring (bicyclic) bond motifs is 1. The third-order valence-corrected chi connectivity index (χ3v) is 5.46. The molecule has 1 aliphatic rings. The molecule has 0 radical (unpaired) electrons. The predicted octanol–water partition coefficient (Wildman–Crippen LogP) is 3.23. The van der Waals surface area contributed by atoms with Gasteiger partial charge in [-0.2, -0.15) is 4.79 Å². The Labute approximate surface area is 129 Å². The lowest BCUT2D eigenvalue weighted by atomic mass is 10.0. The molecule has 7 heteroatoms. The van der Waals surface area contributed by atoms with Gasteiger partial charge in [-0.1, -0.05) is 36.4 Å². The van der Waals surface area contributed by atoms with Gasteiger partial charge in [0.05, 0.1) is 0 Å². The monoisotopic (exact) mass is 320 g/mol. The minimum Gasteiger partial charge on any atom is -0.361 e. The summed E-state index contributed by atoms with van der Waals surface area (Å²) in [5.74, 6) is 0. The highest BCUT2D eigenvalue weighted by Crippen LogP contribution is 2.52. The molecule has 0 aliphatic heterocycles. The first-order chi connectivity index (χ1) is 10.5. The Hall–Kier alpha value is -1.81. The first-order valence-corrected chi connectivity index (χ1v) is 8.07. The molecule has 0 fully saturated rings. The van der Waals surface area contributed by atoms with Crippen LogP contribution in [0.4, 0.5) is 0 Å². The van der Waals surface area contributed by atoms with Crippen molar-refractivity contribution in [1.29, 1.82) is 0 Å². The average molecular weight is 320 g/mol. The third kappa shape index (κ3) is 2.75. The third-order valence-electron chi connectivity index (χ3n) is 3.54. The molecule has 2 rings (SSSR count). The minimum absolute atomic E-state index is 0.243. The molecule has 1 aromatic carbocycles. The van der Waals surface area contributed by atoms with Crippen LogP contribution >= 0.6 is 7.60 Å². The minimum atomic E-state index is -3.78. The zero-order valence-corrected chi connectivity index (χ0v) is 13.5. The Balaban J connectivity index is 2.61. The summed E-state index contributed by atoms with van der Waals surface area (Å²) in [6.45, 7) is 0. The Morgan fingerprint density at radius 2 is 1.59 bits per heavy atom. The highest BCUT2D eigenvalue weighted by Gasteiger charge is 2.53. The van der Waals surface area contributed by atoms with Gasteiger partial charge in [-0.15, -0.1) is 0 Å². The fourth-order valence-corrected chi connectivity index (χ4v) is 3.54. The molecule has 0 saturated heterocycles. The lowest BCUT2D eigenvalue weighted by molar-refractivity contribution is -0.0272. The maximum Gasteiger partial charge on any atom is 0.441 e. The number of ether oxygens (including phenoxy) is 1. The molecule has 0 bridgehead atoms. The van der Waals surface area contributed by atoms with E-state index in [1.807, 2.05) is 24.3 Å². The summed E-state index contributed by atoms with van der Waals surface area (Å²) in [6, 6.07) is 7.69. The first-order valence-electron chi connectivity index (χ1n) is 6.52. The molecule has 0 aromatic heterocycles. The van der Waals surface area contributed by atoms with Crippen molar-refractivity contribution >= 4 is 25.2 Å². The highest BCUT2D eigenvalue weighted by molar-refractivity contribution is 7.72. The van der Waals surface area contributed by atoms with Crippen LogP contribution in [0.1, 0.15) is 11.1 Å². The Morgan fingerprint density at radius 1 is 1.09 bits per heavy atom. The van der Waals surface area contributed by atoms with E-state index in [-0.39, 0.29) is 5.45 Å². The smallest absolute Gasteiger partial charge is 0.361 e. The number of hydrogen-bond donors (Lipinski definition) is 0. The standard InChI is InChI=1S/C15H17N2O4P/c1-19-15(14(17-16)22(18,20-2)21-3)10-8-12-6-4-5-7-13(12)9-11-15/h4-11H,1-3H3. The van der Waals surface area contributed by atoms with E-state index in [2.05, 4.69) is 4.79 Å². The zero-order chi connectivity index (χ0) is 16.2. The van der Waals surface area contributed by atoms with Gasteiger partial charge in [-0.05, 0) is 23.3 Å². The Kier molecular flexibility index (Phi) is 4.91. The highest BCUT2D eigenvalue weighted by atomic mass is 31.2. The Bertz CT molecular complexity index is 679. The van der Waals surface area contributed by atoms with Crippen molar-refractivity contribution in [3.63, 3.8) is 0 Å². The van der Waals surface area contributed by atoms with E-state index in [0.29, 0.717) is 0 Å². The molecular formula is C15H17N2O4P. The molecule has 116 valence electrons.